The van der Waals surface area contributed by atoms with E-state index in [1.165, 1.54) is 11.8 Å². The van der Waals surface area contributed by atoms with Gasteiger partial charge in [0.1, 0.15) is 5.76 Å². The number of hydrogen-bond donors (Lipinski definition) is 1. The van der Waals surface area contributed by atoms with E-state index in [2.05, 4.69) is 15.5 Å². The van der Waals surface area contributed by atoms with Gasteiger partial charge in [0.05, 0.1) is 17.1 Å². The van der Waals surface area contributed by atoms with Crippen LogP contribution in [0.15, 0.2) is 76.5 Å². The number of ketones is 1. The molecule has 0 aliphatic heterocycles. The maximum absolute atomic E-state index is 13.1. The van der Waals surface area contributed by atoms with Crippen molar-refractivity contribution in [3.05, 3.63) is 78.3 Å². The van der Waals surface area contributed by atoms with E-state index < -0.39 is 5.25 Å². The number of carbonyl (C=O) groups is 2. The summed E-state index contributed by atoms with van der Waals surface area (Å²) in [5.41, 5.74) is 3.00. The number of anilines is 1. The van der Waals surface area contributed by atoms with Crippen molar-refractivity contribution in [2.24, 2.45) is 0 Å². The van der Waals surface area contributed by atoms with E-state index in [1.54, 1.807) is 30.5 Å². The molecule has 1 unspecified atom stereocenters. The van der Waals surface area contributed by atoms with Crippen LogP contribution in [-0.2, 0) is 4.79 Å². The summed E-state index contributed by atoms with van der Waals surface area (Å²) in [6, 6.07) is 18.7. The lowest BCUT2D eigenvalue weighted by molar-refractivity contribution is -0.116. The molecule has 2 aromatic carbocycles. The van der Waals surface area contributed by atoms with Gasteiger partial charge in [-0.1, -0.05) is 36.9 Å². The monoisotopic (exact) mass is 474 g/mol. The van der Waals surface area contributed by atoms with E-state index >= 15 is 0 Å². The molecule has 174 valence electrons. The molecule has 4 aromatic rings. The highest BCUT2D eigenvalue weighted by Crippen LogP contribution is 2.32. The van der Waals surface area contributed by atoms with Gasteiger partial charge in [0.15, 0.2) is 16.8 Å². The Bertz CT molecular complexity index is 1280. The van der Waals surface area contributed by atoms with Crippen LogP contribution >= 0.6 is 11.8 Å². The highest BCUT2D eigenvalue weighted by atomic mass is 32.2. The number of thioether (sulfide) groups is 1. The molecule has 7 nitrogen and oxygen atoms in total. The Morgan fingerprint density at radius 1 is 1.06 bits per heavy atom. The summed E-state index contributed by atoms with van der Waals surface area (Å²) in [6.45, 7) is 5.70. The number of aryl methyl sites for hydroxylation is 1. The molecule has 4 rings (SSSR count). The molecule has 0 fully saturated rings. The lowest BCUT2D eigenvalue weighted by Gasteiger charge is -2.13. The van der Waals surface area contributed by atoms with Crippen molar-refractivity contribution in [1.29, 1.82) is 0 Å². The molecule has 1 amide bonds. The summed E-state index contributed by atoms with van der Waals surface area (Å²) >= 11 is 1.35. The molecule has 1 N–H and O–H groups in total. The third-order valence-corrected chi connectivity index (χ3v) is 6.37. The van der Waals surface area contributed by atoms with Crippen LogP contribution in [0.1, 0.15) is 42.8 Å². The fraction of sp³-hybridized carbons (Fsp3) is 0.231. The number of furan rings is 1. The zero-order valence-electron chi connectivity index (χ0n) is 19.3. The van der Waals surface area contributed by atoms with Gasteiger partial charge in [0.25, 0.3) is 0 Å². The summed E-state index contributed by atoms with van der Waals surface area (Å²) in [5.74, 6) is 1.35. The number of benzene rings is 2. The number of hydrogen-bond acceptors (Lipinski definition) is 6. The van der Waals surface area contributed by atoms with Gasteiger partial charge in [-0.2, -0.15) is 0 Å². The first-order valence-corrected chi connectivity index (χ1v) is 12.0. The molecular weight excluding hydrogens is 448 g/mol. The molecule has 1 atom stereocenters. The van der Waals surface area contributed by atoms with E-state index in [1.807, 2.05) is 61.7 Å². The van der Waals surface area contributed by atoms with Gasteiger partial charge < -0.3 is 9.73 Å². The quantitative estimate of drug-likeness (QED) is 0.239. The van der Waals surface area contributed by atoms with Crippen molar-refractivity contribution < 1.29 is 14.0 Å². The number of aromatic nitrogens is 3. The first kappa shape index (κ1) is 23.5. The summed E-state index contributed by atoms with van der Waals surface area (Å²) in [7, 11) is 0. The summed E-state index contributed by atoms with van der Waals surface area (Å²) in [5, 5.41) is 11.9. The molecule has 0 saturated heterocycles. The number of Topliss-reactive ketones (excluding diaryl/α,β-unsaturated/α-hetero) is 1. The number of carbonyl (C=O) groups excluding carboxylic acids is 2. The molecule has 8 heteroatoms. The maximum atomic E-state index is 13.1. The zero-order valence-corrected chi connectivity index (χ0v) is 20.1. The average molecular weight is 475 g/mol. The molecule has 0 aliphatic rings. The minimum atomic E-state index is -0.398. The van der Waals surface area contributed by atoms with Crippen molar-refractivity contribution in [1.82, 2.24) is 14.8 Å². The van der Waals surface area contributed by atoms with Crippen LogP contribution in [0.5, 0.6) is 0 Å². The van der Waals surface area contributed by atoms with E-state index in [4.69, 9.17) is 4.42 Å². The van der Waals surface area contributed by atoms with Crippen LogP contribution in [0.4, 0.5) is 5.69 Å². The normalized spacial score (nSPS) is 11.9. The molecule has 34 heavy (non-hydrogen) atoms. The largest absolute Gasteiger partial charge is 0.469 e. The van der Waals surface area contributed by atoms with Crippen LogP contribution in [-0.4, -0.2) is 31.7 Å². The maximum Gasteiger partial charge on any atom is 0.224 e. The lowest BCUT2D eigenvalue weighted by Crippen LogP contribution is -2.15. The molecule has 0 radical (unpaired) electrons. The Kier molecular flexibility index (Phi) is 7.27. The van der Waals surface area contributed by atoms with Gasteiger partial charge in [0.2, 0.25) is 5.91 Å². The lowest BCUT2D eigenvalue weighted by atomic mass is 10.1. The first-order chi connectivity index (χ1) is 16.5. The van der Waals surface area contributed by atoms with Crippen LogP contribution < -0.4 is 5.32 Å². The van der Waals surface area contributed by atoms with Gasteiger partial charge in [0, 0.05) is 23.4 Å². The third kappa shape index (κ3) is 5.12. The number of nitrogens with one attached hydrogen (secondary N) is 1. The molecule has 2 heterocycles. The Hall–Kier alpha value is -3.65. The second-order valence-electron chi connectivity index (χ2n) is 7.87. The summed E-state index contributed by atoms with van der Waals surface area (Å²) in [6.07, 6.45) is 2.88. The minimum Gasteiger partial charge on any atom is -0.469 e. The number of nitrogens with zero attached hydrogens (tertiary/aromatic N) is 3. The first-order valence-electron chi connectivity index (χ1n) is 11.1. The molecular formula is C26H26N4O3S. The highest BCUT2D eigenvalue weighted by molar-refractivity contribution is 8.00. The van der Waals surface area contributed by atoms with Gasteiger partial charge in [-0.25, -0.2) is 0 Å². The molecule has 0 bridgehead atoms. The Morgan fingerprint density at radius 3 is 2.44 bits per heavy atom. The van der Waals surface area contributed by atoms with Crippen molar-refractivity contribution >= 4 is 29.1 Å². The topological polar surface area (TPSA) is 90.0 Å². The Morgan fingerprint density at radius 2 is 1.79 bits per heavy atom. The van der Waals surface area contributed by atoms with E-state index in [-0.39, 0.29) is 11.7 Å². The second kappa shape index (κ2) is 10.5. The fourth-order valence-corrected chi connectivity index (χ4v) is 4.51. The van der Waals surface area contributed by atoms with Gasteiger partial charge in [-0.15, -0.1) is 10.2 Å². The van der Waals surface area contributed by atoms with Crippen LogP contribution in [0.2, 0.25) is 0 Å². The van der Waals surface area contributed by atoms with Crippen LogP contribution in [0.3, 0.4) is 0 Å². The van der Waals surface area contributed by atoms with Crippen molar-refractivity contribution in [3.63, 3.8) is 0 Å². The SMILES string of the molecule is CCCC(=O)Nc1ccc(C(=O)C(C)Sc2nnc(-c3ccoc3C)n2-c2ccccc2)cc1. The Labute approximate surface area is 202 Å². The Balaban J connectivity index is 1.57. The molecule has 2 aromatic heterocycles. The smallest absolute Gasteiger partial charge is 0.224 e. The predicted octanol–water partition coefficient (Wildman–Crippen LogP) is 5.94. The van der Waals surface area contributed by atoms with Gasteiger partial charge in [-0.3, -0.25) is 14.2 Å². The van der Waals surface area contributed by atoms with Crippen LogP contribution in [0.25, 0.3) is 17.1 Å². The second-order valence-corrected chi connectivity index (χ2v) is 9.18. The van der Waals surface area contributed by atoms with Gasteiger partial charge in [-0.05, 0) is 62.7 Å². The standard InChI is InChI=1S/C26H26N4O3S/c1-4-8-23(31)27-20-13-11-19(12-14-20)24(32)18(3)34-26-29-28-25(22-15-16-33-17(22)2)30(26)21-9-6-5-7-10-21/h5-7,9-16,18H,4,8H2,1-3H3,(H,27,31). The highest BCUT2D eigenvalue weighted by Gasteiger charge is 2.24. The predicted molar refractivity (Wildman–Crippen MR) is 133 cm³/mol. The van der Waals surface area contributed by atoms with Crippen molar-refractivity contribution in [3.8, 4) is 17.1 Å². The molecule has 0 spiro atoms. The van der Waals surface area contributed by atoms with Gasteiger partial charge >= 0.3 is 0 Å². The van der Waals surface area contributed by atoms with E-state index in [9.17, 15) is 9.59 Å². The summed E-state index contributed by atoms with van der Waals surface area (Å²) < 4.78 is 7.42. The van der Waals surface area contributed by atoms with Crippen LogP contribution in [0, 0.1) is 6.92 Å². The number of amides is 1. The summed E-state index contributed by atoms with van der Waals surface area (Å²) in [4.78, 5) is 24.9. The van der Waals surface area contributed by atoms with Crippen molar-refractivity contribution in [2.45, 2.75) is 44.0 Å². The molecule has 0 aliphatic carbocycles. The third-order valence-electron chi connectivity index (χ3n) is 5.33. The van der Waals surface area contributed by atoms with Crippen molar-refractivity contribution in [2.75, 3.05) is 5.32 Å². The van der Waals surface area contributed by atoms with E-state index in [0.717, 1.165) is 23.4 Å². The fourth-order valence-electron chi connectivity index (χ4n) is 3.56. The van der Waals surface area contributed by atoms with E-state index in [0.29, 0.717) is 28.7 Å². The molecule has 0 saturated carbocycles. The minimum absolute atomic E-state index is 0.0277. The zero-order chi connectivity index (χ0) is 24.1. The number of rotatable bonds is 9. The average Bonchev–Trinajstić information content (AvgIpc) is 3.45. The number of para-hydroxylation sites is 1.